The minimum atomic E-state index is 0.547. The van der Waals surface area contributed by atoms with Gasteiger partial charge in [0.05, 0.1) is 9.98 Å². The van der Waals surface area contributed by atoms with E-state index < -0.39 is 0 Å². The Morgan fingerprint density at radius 3 is 2.94 bits per heavy atom. The van der Waals surface area contributed by atoms with E-state index in [0.29, 0.717) is 11.0 Å². The van der Waals surface area contributed by atoms with Gasteiger partial charge in [0, 0.05) is 20.6 Å². The van der Waals surface area contributed by atoms with Gasteiger partial charge in [0.25, 0.3) is 0 Å². The number of hydrogen-bond donors (Lipinski definition) is 1. The third kappa shape index (κ3) is 3.13. The molecule has 0 amide bonds. The van der Waals surface area contributed by atoms with Crippen molar-refractivity contribution in [2.45, 2.75) is 6.54 Å². The molecular formula is C11H12BrClN4S. The third-order valence-electron chi connectivity index (χ3n) is 2.35. The van der Waals surface area contributed by atoms with Crippen molar-refractivity contribution in [3.63, 3.8) is 0 Å². The van der Waals surface area contributed by atoms with E-state index in [4.69, 9.17) is 11.6 Å². The first kappa shape index (κ1) is 13.6. The molecule has 96 valence electrons. The van der Waals surface area contributed by atoms with Crippen molar-refractivity contribution in [1.29, 1.82) is 0 Å². The van der Waals surface area contributed by atoms with E-state index in [2.05, 4.69) is 42.7 Å². The zero-order chi connectivity index (χ0) is 13.1. The quantitative estimate of drug-likeness (QED) is 0.917. The van der Waals surface area contributed by atoms with Crippen molar-refractivity contribution in [1.82, 2.24) is 9.97 Å². The lowest BCUT2D eigenvalue weighted by molar-refractivity contribution is 0.895. The number of anilines is 2. The summed E-state index contributed by atoms with van der Waals surface area (Å²) in [5, 5.41) is 5.56. The maximum atomic E-state index is 6.12. The summed E-state index contributed by atoms with van der Waals surface area (Å²) < 4.78 is 1.12. The maximum Gasteiger partial charge on any atom is 0.224 e. The predicted octanol–water partition coefficient (Wildman–Crippen LogP) is 3.63. The fourth-order valence-corrected chi connectivity index (χ4v) is 2.96. The molecule has 7 heteroatoms. The van der Waals surface area contributed by atoms with Gasteiger partial charge in [0.1, 0.15) is 5.02 Å². The highest BCUT2D eigenvalue weighted by Gasteiger charge is 2.11. The molecule has 0 radical (unpaired) electrons. The number of aromatic nitrogens is 2. The van der Waals surface area contributed by atoms with Gasteiger partial charge in [-0.05, 0) is 32.9 Å². The van der Waals surface area contributed by atoms with Gasteiger partial charge in [-0.15, -0.1) is 11.3 Å². The fraction of sp³-hybridized carbons (Fsp3) is 0.273. The Balaban J connectivity index is 2.20. The molecule has 0 saturated heterocycles. The van der Waals surface area contributed by atoms with E-state index in [1.807, 2.05) is 11.9 Å². The number of hydrogen-bond acceptors (Lipinski definition) is 5. The van der Waals surface area contributed by atoms with E-state index >= 15 is 0 Å². The van der Waals surface area contributed by atoms with Crippen LogP contribution in [0.2, 0.25) is 5.02 Å². The summed E-state index contributed by atoms with van der Waals surface area (Å²) in [6, 6.07) is 2.09. The van der Waals surface area contributed by atoms with Gasteiger partial charge in [-0.1, -0.05) is 11.6 Å². The first-order valence-corrected chi connectivity index (χ1v) is 7.29. The normalized spacial score (nSPS) is 10.4. The number of nitrogens with one attached hydrogen (secondary N) is 1. The van der Waals surface area contributed by atoms with Gasteiger partial charge >= 0.3 is 0 Å². The summed E-state index contributed by atoms with van der Waals surface area (Å²) in [4.78, 5) is 10.4. The molecule has 2 aromatic rings. The van der Waals surface area contributed by atoms with Crippen LogP contribution >= 0.6 is 38.9 Å². The standard InChI is InChI=1S/C11H12BrClN4S/c1-14-11-15-4-8(13)10(16-11)17(2)5-7-3-9(12)18-6-7/h3-4,6H,5H2,1-2H3,(H,14,15,16). The molecule has 0 saturated carbocycles. The number of rotatable bonds is 4. The van der Waals surface area contributed by atoms with Gasteiger partial charge in [0.2, 0.25) is 5.95 Å². The minimum absolute atomic E-state index is 0.547. The van der Waals surface area contributed by atoms with Crippen LogP contribution in [0.1, 0.15) is 5.56 Å². The first-order chi connectivity index (χ1) is 8.60. The van der Waals surface area contributed by atoms with E-state index in [1.165, 1.54) is 5.56 Å². The third-order valence-corrected chi connectivity index (χ3v) is 4.17. The molecular weight excluding hydrogens is 336 g/mol. The lowest BCUT2D eigenvalue weighted by Crippen LogP contribution is -2.18. The highest BCUT2D eigenvalue weighted by molar-refractivity contribution is 9.11. The molecule has 0 aliphatic rings. The minimum Gasteiger partial charge on any atom is -0.357 e. The molecule has 0 spiro atoms. The van der Waals surface area contributed by atoms with Gasteiger partial charge in [0.15, 0.2) is 5.82 Å². The van der Waals surface area contributed by atoms with Crippen molar-refractivity contribution in [3.8, 4) is 0 Å². The molecule has 0 aliphatic carbocycles. The molecule has 4 nitrogen and oxygen atoms in total. The van der Waals surface area contributed by atoms with Crippen molar-refractivity contribution in [2.75, 3.05) is 24.3 Å². The summed E-state index contributed by atoms with van der Waals surface area (Å²) in [6.45, 7) is 0.752. The maximum absolute atomic E-state index is 6.12. The van der Waals surface area contributed by atoms with Crippen LogP contribution in [0.3, 0.4) is 0 Å². The fourth-order valence-electron chi connectivity index (χ4n) is 1.52. The Labute approximate surface area is 123 Å². The van der Waals surface area contributed by atoms with Crippen LogP contribution in [-0.2, 0) is 6.54 Å². The largest absolute Gasteiger partial charge is 0.357 e. The van der Waals surface area contributed by atoms with Gasteiger partial charge < -0.3 is 10.2 Å². The van der Waals surface area contributed by atoms with Crippen LogP contribution in [0.4, 0.5) is 11.8 Å². The lowest BCUT2D eigenvalue weighted by Gasteiger charge is -2.19. The average Bonchev–Trinajstić information content (AvgIpc) is 2.75. The Bertz CT molecular complexity index is 546. The van der Waals surface area contributed by atoms with Crippen LogP contribution in [0.15, 0.2) is 21.4 Å². The second kappa shape index (κ2) is 5.86. The van der Waals surface area contributed by atoms with Crippen molar-refractivity contribution < 1.29 is 0 Å². The second-order valence-corrected chi connectivity index (χ2v) is 6.43. The second-order valence-electron chi connectivity index (χ2n) is 3.73. The molecule has 2 heterocycles. The van der Waals surface area contributed by atoms with Crippen molar-refractivity contribution in [2.24, 2.45) is 0 Å². The van der Waals surface area contributed by atoms with Crippen LogP contribution in [-0.4, -0.2) is 24.1 Å². The molecule has 0 aliphatic heterocycles. The van der Waals surface area contributed by atoms with Gasteiger partial charge in [-0.2, -0.15) is 4.98 Å². The summed E-state index contributed by atoms with van der Waals surface area (Å²) in [6.07, 6.45) is 1.61. The molecule has 1 N–H and O–H groups in total. The SMILES string of the molecule is CNc1ncc(Cl)c(N(C)Cc2csc(Br)c2)n1. The summed E-state index contributed by atoms with van der Waals surface area (Å²) in [5.41, 5.74) is 1.22. The molecule has 18 heavy (non-hydrogen) atoms. The van der Waals surface area contributed by atoms with Crippen molar-refractivity contribution in [3.05, 3.63) is 32.0 Å². The van der Waals surface area contributed by atoms with Crippen LogP contribution < -0.4 is 10.2 Å². The molecule has 2 aromatic heterocycles. The monoisotopic (exact) mass is 346 g/mol. The highest BCUT2D eigenvalue weighted by Crippen LogP contribution is 2.26. The highest BCUT2D eigenvalue weighted by atomic mass is 79.9. The summed E-state index contributed by atoms with van der Waals surface area (Å²) >= 11 is 11.2. The van der Waals surface area contributed by atoms with Gasteiger partial charge in [-0.3, -0.25) is 0 Å². The van der Waals surface area contributed by atoms with Crippen LogP contribution in [0.5, 0.6) is 0 Å². The summed E-state index contributed by atoms with van der Waals surface area (Å²) in [7, 11) is 3.74. The van der Waals surface area contributed by atoms with Gasteiger partial charge in [-0.25, -0.2) is 4.98 Å². The topological polar surface area (TPSA) is 41.1 Å². The lowest BCUT2D eigenvalue weighted by atomic mass is 10.3. The zero-order valence-electron chi connectivity index (χ0n) is 9.94. The van der Waals surface area contributed by atoms with E-state index in [9.17, 15) is 0 Å². The Morgan fingerprint density at radius 1 is 1.56 bits per heavy atom. The molecule has 0 atom stereocenters. The molecule has 2 rings (SSSR count). The van der Waals surface area contributed by atoms with E-state index in [1.54, 1.807) is 24.6 Å². The van der Waals surface area contributed by atoms with E-state index in [-0.39, 0.29) is 0 Å². The zero-order valence-corrected chi connectivity index (χ0v) is 13.1. The number of thiophene rings is 1. The number of nitrogens with zero attached hydrogens (tertiary/aromatic N) is 3. The smallest absolute Gasteiger partial charge is 0.224 e. The molecule has 0 bridgehead atoms. The average molecular weight is 348 g/mol. The first-order valence-electron chi connectivity index (χ1n) is 5.24. The Hall–Kier alpha value is -0.850. The molecule has 0 aromatic carbocycles. The van der Waals surface area contributed by atoms with E-state index in [0.717, 1.165) is 16.1 Å². The number of halogens is 2. The summed E-state index contributed by atoms with van der Waals surface area (Å²) in [5.74, 6) is 1.28. The Kier molecular flexibility index (Phi) is 4.42. The predicted molar refractivity (Wildman–Crippen MR) is 80.7 cm³/mol. The van der Waals surface area contributed by atoms with Crippen molar-refractivity contribution >= 4 is 50.6 Å². The van der Waals surface area contributed by atoms with Crippen LogP contribution in [0.25, 0.3) is 0 Å². The van der Waals surface area contributed by atoms with Crippen LogP contribution in [0, 0.1) is 0 Å². The Morgan fingerprint density at radius 2 is 2.33 bits per heavy atom. The molecule has 0 fully saturated rings. The molecule has 0 unspecified atom stereocenters.